The summed E-state index contributed by atoms with van der Waals surface area (Å²) in [4.78, 5) is 16.5. The van der Waals surface area contributed by atoms with Gasteiger partial charge < -0.3 is 4.42 Å². The predicted molar refractivity (Wildman–Crippen MR) is 82.8 cm³/mol. The second kappa shape index (κ2) is 5.58. The molecular formula is C17H20F2N2O2. The highest BCUT2D eigenvalue weighted by Gasteiger charge is 2.35. The van der Waals surface area contributed by atoms with Crippen molar-refractivity contribution in [2.45, 2.75) is 40.0 Å². The molecule has 1 saturated carbocycles. The number of anilines is 1. The van der Waals surface area contributed by atoms with E-state index in [0.29, 0.717) is 5.92 Å². The third kappa shape index (κ3) is 3.35. The van der Waals surface area contributed by atoms with Crippen LogP contribution in [0.25, 0.3) is 11.1 Å². The van der Waals surface area contributed by atoms with Gasteiger partial charge in [0.05, 0.1) is 0 Å². The summed E-state index contributed by atoms with van der Waals surface area (Å²) in [5, 5.41) is 2.64. The largest absolute Gasteiger partial charge is 0.423 e. The van der Waals surface area contributed by atoms with Gasteiger partial charge in [0, 0.05) is 18.1 Å². The van der Waals surface area contributed by atoms with E-state index in [0.717, 1.165) is 31.4 Å². The number of rotatable bonds is 2. The zero-order valence-electron chi connectivity index (χ0n) is 13.5. The number of hydrogen-bond acceptors (Lipinski definition) is 3. The quantitative estimate of drug-likeness (QED) is 0.885. The molecule has 1 amide bonds. The van der Waals surface area contributed by atoms with Crippen LogP contribution in [0.3, 0.4) is 0 Å². The molecule has 0 aliphatic heterocycles. The van der Waals surface area contributed by atoms with E-state index >= 15 is 0 Å². The Hall–Kier alpha value is -1.98. The van der Waals surface area contributed by atoms with Crippen molar-refractivity contribution in [3.63, 3.8) is 0 Å². The Morgan fingerprint density at radius 3 is 2.70 bits per heavy atom. The average Bonchev–Trinajstić information content (AvgIpc) is 2.78. The first kappa shape index (κ1) is 15.9. The van der Waals surface area contributed by atoms with Crippen LogP contribution in [0.2, 0.25) is 0 Å². The maximum absolute atomic E-state index is 13.2. The monoisotopic (exact) mass is 322 g/mol. The molecule has 124 valence electrons. The van der Waals surface area contributed by atoms with Crippen molar-refractivity contribution in [2.24, 2.45) is 17.3 Å². The van der Waals surface area contributed by atoms with Crippen molar-refractivity contribution >= 4 is 23.0 Å². The molecule has 0 bridgehead atoms. The van der Waals surface area contributed by atoms with Gasteiger partial charge in [-0.3, -0.25) is 10.1 Å². The number of aromatic nitrogens is 1. The molecule has 4 nitrogen and oxygen atoms in total. The molecule has 1 fully saturated rings. The molecule has 2 atom stereocenters. The van der Waals surface area contributed by atoms with Crippen LogP contribution in [0, 0.1) is 28.9 Å². The summed E-state index contributed by atoms with van der Waals surface area (Å²) in [6.07, 6.45) is 2.71. The molecule has 23 heavy (non-hydrogen) atoms. The van der Waals surface area contributed by atoms with E-state index in [-0.39, 0.29) is 34.4 Å². The molecule has 3 rings (SSSR count). The lowest BCUT2D eigenvalue weighted by molar-refractivity contribution is -0.122. The number of fused-ring (bicyclic) bond motifs is 1. The lowest BCUT2D eigenvalue weighted by Crippen LogP contribution is -2.34. The lowest BCUT2D eigenvalue weighted by atomic mass is 9.68. The second-order valence-electron chi connectivity index (χ2n) is 7.35. The van der Waals surface area contributed by atoms with Crippen molar-refractivity contribution in [1.82, 2.24) is 4.98 Å². The van der Waals surface area contributed by atoms with Gasteiger partial charge in [-0.25, -0.2) is 8.78 Å². The molecule has 1 aromatic carbocycles. The Morgan fingerprint density at radius 2 is 2.00 bits per heavy atom. The topological polar surface area (TPSA) is 55.1 Å². The summed E-state index contributed by atoms with van der Waals surface area (Å²) in [7, 11) is 0. The van der Waals surface area contributed by atoms with Crippen LogP contribution in [0.1, 0.15) is 40.0 Å². The van der Waals surface area contributed by atoms with Crippen molar-refractivity contribution in [2.75, 3.05) is 5.32 Å². The minimum atomic E-state index is -1.01. The molecule has 1 aliphatic rings. The Morgan fingerprint density at radius 1 is 1.30 bits per heavy atom. The van der Waals surface area contributed by atoms with Gasteiger partial charge in [-0.1, -0.05) is 20.8 Å². The first-order chi connectivity index (χ1) is 10.7. The molecular weight excluding hydrogens is 302 g/mol. The van der Waals surface area contributed by atoms with Gasteiger partial charge in [0.2, 0.25) is 5.91 Å². The van der Waals surface area contributed by atoms with E-state index in [1.165, 1.54) is 0 Å². The maximum atomic E-state index is 13.2. The Kier molecular flexibility index (Phi) is 3.86. The number of carbonyl (C=O) groups excluding carboxylic acids is 1. The Bertz CT molecular complexity index is 715. The SMILES string of the molecule is CC1CC(C(=O)Nc2nc3cc(F)c(F)cc3o2)CC(C)(C)C1. The van der Waals surface area contributed by atoms with E-state index in [9.17, 15) is 13.6 Å². The predicted octanol–water partition coefficient (Wildman–Crippen LogP) is 4.51. The number of nitrogens with one attached hydrogen (secondary N) is 1. The van der Waals surface area contributed by atoms with Crippen LogP contribution < -0.4 is 5.32 Å². The van der Waals surface area contributed by atoms with E-state index in [1.807, 2.05) is 0 Å². The van der Waals surface area contributed by atoms with Gasteiger partial charge in [0.1, 0.15) is 5.52 Å². The number of benzene rings is 1. The summed E-state index contributed by atoms with van der Waals surface area (Å²) in [6.45, 7) is 6.47. The van der Waals surface area contributed by atoms with Crippen LogP contribution in [0.15, 0.2) is 16.5 Å². The smallest absolute Gasteiger partial charge is 0.302 e. The van der Waals surface area contributed by atoms with E-state index < -0.39 is 11.6 Å². The minimum absolute atomic E-state index is 0.0222. The molecule has 2 unspecified atom stereocenters. The molecule has 1 aromatic heterocycles. The van der Waals surface area contributed by atoms with E-state index in [1.54, 1.807) is 0 Å². The maximum Gasteiger partial charge on any atom is 0.302 e. The number of amides is 1. The summed E-state index contributed by atoms with van der Waals surface area (Å²) >= 11 is 0. The van der Waals surface area contributed by atoms with Crippen LogP contribution in [-0.2, 0) is 4.79 Å². The van der Waals surface area contributed by atoms with Gasteiger partial charge in [-0.2, -0.15) is 4.98 Å². The highest BCUT2D eigenvalue weighted by atomic mass is 19.2. The van der Waals surface area contributed by atoms with Crippen LogP contribution in [0.4, 0.5) is 14.8 Å². The Labute approximate surface area is 133 Å². The van der Waals surface area contributed by atoms with Crippen molar-refractivity contribution in [3.05, 3.63) is 23.8 Å². The molecule has 1 aliphatic carbocycles. The lowest BCUT2D eigenvalue weighted by Gasteiger charge is -2.38. The summed E-state index contributed by atoms with van der Waals surface area (Å²) in [6, 6.07) is 1.86. The van der Waals surface area contributed by atoms with Gasteiger partial charge in [-0.15, -0.1) is 0 Å². The molecule has 1 N–H and O–H groups in total. The van der Waals surface area contributed by atoms with E-state index in [2.05, 4.69) is 31.1 Å². The van der Waals surface area contributed by atoms with Crippen molar-refractivity contribution in [3.8, 4) is 0 Å². The third-order valence-corrected chi connectivity index (χ3v) is 4.42. The van der Waals surface area contributed by atoms with Crippen LogP contribution in [-0.4, -0.2) is 10.9 Å². The van der Waals surface area contributed by atoms with Crippen LogP contribution >= 0.6 is 0 Å². The normalized spacial score (nSPS) is 23.9. The fourth-order valence-corrected chi connectivity index (χ4v) is 3.73. The van der Waals surface area contributed by atoms with Crippen molar-refractivity contribution < 1.29 is 18.0 Å². The van der Waals surface area contributed by atoms with Gasteiger partial charge in [0.15, 0.2) is 17.2 Å². The zero-order valence-corrected chi connectivity index (χ0v) is 13.5. The average molecular weight is 322 g/mol. The molecule has 2 aromatic rings. The van der Waals surface area contributed by atoms with Gasteiger partial charge in [0.25, 0.3) is 0 Å². The number of halogens is 2. The first-order valence-corrected chi connectivity index (χ1v) is 7.80. The number of oxazole rings is 1. The highest BCUT2D eigenvalue weighted by Crippen LogP contribution is 2.42. The first-order valence-electron chi connectivity index (χ1n) is 7.80. The molecule has 0 spiro atoms. The molecule has 1 heterocycles. The summed E-state index contributed by atoms with van der Waals surface area (Å²) in [5.74, 6) is -1.79. The molecule has 0 saturated heterocycles. The van der Waals surface area contributed by atoms with E-state index in [4.69, 9.17) is 4.42 Å². The van der Waals surface area contributed by atoms with Gasteiger partial charge >= 0.3 is 6.01 Å². The zero-order chi connectivity index (χ0) is 16.8. The van der Waals surface area contributed by atoms with Crippen molar-refractivity contribution in [1.29, 1.82) is 0 Å². The van der Waals surface area contributed by atoms with Crippen LogP contribution in [0.5, 0.6) is 0 Å². The molecule has 0 radical (unpaired) electrons. The third-order valence-electron chi connectivity index (χ3n) is 4.42. The number of hydrogen-bond donors (Lipinski definition) is 1. The summed E-state index contributed by atoms with van der Waals surface area (Å²) in [5.41, 5.74) is 0.404. The standard InChI is InChI=1S/C17H20F2N2O2/c1-9-4-10(8-17(2,3)7-9)15(22)21-16-20-13-5-11(18)12(19)6-14(13)23-16/h5-6,9-10H,4,7-8H2,1-3H3,(H,20,21,22). The molecule has 6 heteroatoms. The Balaban J connectivity index is 1.77. The fourth-order valence-electron chi connectivity index (χ4n) is 3.73. The van der Waals surface area contributed by atoms with Gasteiger partial charge in [-0.05, 0) is 30.6 Å². The second-order valence-corrected chi connectivity index (χ2v) is 7.35. The fraction of sp³-hybridized carbons (Fsp3) is 0.529. The number of carbonyl (C=O) groups is 1. The highest BCUT2D eigenvalue weighted by molar-refractivity contribution is 5.91. The minimum Gasteiger partial charge on any atom is -0.423 e. The summed E-state index contributed by atoms with van der Waals surface area (Å²) < 4.78 is 31.7. The number of nitrogens with zero attached hydrogens (tertiary/aromatic N) is 1.